The molecule has 4 N–H and O–H groups in total. The predicted octanol–water partition coefficient (Wildman–Crippen LogP) is 3.00. The van der Waals surface area contributed by atoms with Gasteiger partial charge in [-0.1, -0.05) is 11.6 Å². The molecule has 0 bridgehead atoms. The molecule has 2 amide bonds. The molecule has 2 aromatic heterocycles. The van der Waals surface area contributed by atoms with Crippen LogP contribution >= 0.6 is 11.6 Å². The average Bonchev–Trinajstić information content (AvgIpc) is 2.83. The number of nitrogens with zero attached hydrogens (tertiary/aromatic N) is 2. The van der Waals surface area contributed by atoms with Gasteiger partial charge < -0.3 is 20.8 Å². The second-order valence-corrected chi connectivity index (χ2v) is 7.54. The number of pyridine rings is 1. The third-order valence-electron chi connectivity index (χ3n) is 4.80. The first kappa shape index (κ1) is 24.3. The van der Waals surface area contributed by atoms with Crippen LogP contribution in [0.5, 0.6) is 11.5 Å². The second kappa shape index (κ2) is 9.80. The Labute approximate surface area is 204 Å². The van der Waals surface area contributed by atoms with E-state index < -0.39 is 40.3 Å². The Kier molecular flexibility index (Phi) is 6.61. The van der Waals surface area contributed by atoms with Gasteiger partial charge in [0.1, 0.15) is 27.8 Å². The third kappa shape index (κ3) is 4.83. The first-order chi connectivity index (χ1) is 17.2. The lowest BCUT2D eigenvalue weighted by Gasteiger charge is -2.11. The summed E-state index contributed by atoms with van der Waals surface area (Å²) in [6.45, 7) is 0. The molecule has 4 rings (SSSR count). The van der Waals surface area contributed by atoms with E-state index in [4.69, 9.17) is 22.1 Å². The number of carbonyl (C=O) groups excluding carboxylic acids is 2. The van der Waals surface area contributed by atoms with Gasteiger partial charge in [0, 0.05) is 30.2 Å². The number of hydrogen-bond acceptors (Lipinski definition) is 6. The van der Waals surface area contributed by atoms with E-state index in [2.05, 4.69) is 15.3 Å². The molecule has 0 saturated carbocycles. The Morgan fingerprint density at radius 2 is 1.78 bits per heavy atom. The Bertz CT molecular complexity index is 1620. The Hall–Kier alpha value is -4.84. The smallest absolute Gasteiger partial charge is 0.333 e. The van der Waals surface area contributed by atoms with E-state index in [1.54, 1.807) is 0 Å². The number of H-pyrrole nitrogens is 1. The van der Waals surface area contributed by atoms with Crippen LogP contribution in [0.15, 0.2) is 70.5 Å². The third-order valence-corrected chi connectivity index (χ3v) is 5.17. The number of amides is 2. The van der Waals surface area contributed by atoms with Crippen LogP contribution in [0.25, 0.3) is 5.69 Å². The summed E-state index contributed by atoms with van der Waals surface area (Å²) in [4.78, 5) is 55.0. The fourth-order valence-electron chi connectivity index (χ4n) is 3.12. The van der Waals surface area contributed by atoms with E-state index in [1.807, 2.05) is 0 Å². The van der Waals surface area contributed by atoms with Gasteiger partial charge >= 0.3 is 5.69 Å². The van der Waals surface area contributed by atoms with Crippen LogP contribution in [0.4, 0.5) is 14.5 Å². The monoisotopic (exact) mass is 513 g/mol. The van der Waals surface area contributed by atoms with Crippen molar-refractivity contribution in [1.29, 1.82) is 0 Å². The van der Waals surface area contributed by atoms with E-state index >= 15 is 0 Å². The van der Waals surface area contributed by atoms with Crippen LogP contribution in [0, 0.1) is 11.6 Å². The topological polar surface area (TPSA) is 149 Å². The van der Waals surface area contributed by atoms with E-state index in [1.165, 1.54) is 36.5 Å². The quantitative estimate of drug-likeness (QED) is 0.361. The van der Waals surface area contributed by atoms with Gasteiger partial charge in [0.15, 0.2) is 11.6 Å². The van der Waals surface area contributed by atoms with Gasteiger partial charge in [0.25, 0.3) is 17.4 Å². The molecule has 0 spiro atoms. The summed E-state index contributed by atoms with van der Waals surface area (Å²) in [5.74, 6) is -3.70. The molecule has 0 saturated heterocycles. The highest BCUT2D eigenvalue weighted by atomic mass is 35.5. The van der Waals surface area contributed by atoms with Crippen LogP contribution < -0.4 is 27.0 Å². The van der Waals surface area contributed by atoms with Crippen molar-refractivity contribution in [1.82, 2.24) is 14.5 Å². The number of ether oxygens (including phenoxy) is 1. The summed E-state index contributed by atoms with van der Waals surface area (Å²) in [5, 5.41) is 2.14. The van der Waals surface area contributed by atoms with Crippen LogP contribution in [-0.4, -0.2) is 26.3 Å². The lowest BCUT2D eigenvalue weighted by molar-refractivity contribution is 0.0993. The highest BCUT2D eigenvalue weighted by molar-refractivity contribution is 6.34. The van der Waals surface area contributed by atoms with Crippen molar-refractivity contribution in [3.63, 3.8) is 0 Å². The molecule has 0 aliphatic rings. The van der Waals surface area contributed by atoms with Crippen molar-refractivity contribution in [2.24, 2.45) is 5.73 Å². The summed E-state index contributed by atoms with van der Waals surface area (Å²) in [6.07, 6.45) is 2.12. The van der Waals surface area contributed by atoms with Crippen LogP contribution in [0.2, 0.25) is 5.02 Å². The molecule has 0 atom stereocenters. The number of carbonyl (C=O) groups is 2. The van der Waals surface area contributed by atoms with Gasteiger partial charge in [-0.3, -0.25) is 14.4 Å². The maximum absolute atomic E-state index is 14.7. The van der Waals surface area contributed by atoms with Gasteiger partial charge in [0.2, 0.25) is 0 Å². The Morgan fingerprint density at radius 1 is 1.06 bits per heavy atom. The molecule has 0 fully saturated rings. The molecule has 0 aliphatic heterocycles. The number of nitrogens with one attached hydrogen (secondary N) is 2. The van der Waals surface area contributed by atoms with E-state index in [9.17, 15) is 28.0 Å². The molecule has 0 radical (unpaired) electrons. The molecule has 2 aromatic carbocycles. The second-order valence-electron chi connectivity index (χ2n) is 7.16. The van der Waals surface area contributed by atoms with Gasteiger partial charge in [-0.25, -0.2) is 23.1 Å². The van der Waals surface area contributed by atoms with Crippen molar-refractivity contribution in [2.45, 2.75) is 0 Å². The van der Waals surface area contributed by atoms with Gasteiger partial charge in [-0.15, -0.1) is 0 Å². The number of anilines is 1. The van der Waals surface area contributed by atoms with E-state index in [0.29, 0.717) is 4.57 Å². The summed E-state index contributed by atoms with van der Waals surface area (Å²) >= 11 is 6.02. The SMILES string of the molecule is NC(=O)c1nccc(Oc2ccc(NC(=O)c3c[nH]c(=O)n(-c4ccc(F)cc4)c3=O)cc2F)c1Cl. The molecular formula is C23H14ClF2N5O5. The lowest BCUT2D eigenvalue weighted by Crippen LogP contribution is -2.38. The summed E-state index contributed by atoms with van der Waals surface area (Å²) < 4.78 is 33.9. The molecule has 0 unspecified atom stereocenters. The highest BCUT2D eigenvalue weighted by Crippen LogP contribution is 2.33. The fraction of sp³-hybridized carbons (Fsp3) is 0. The number of aromatic amines is 1. The summed E-state index contributed by atoms with van der Waals surface area (Å²) in [6, 6.07) is 9.17. The fourth-order valence-corrected chi connectivity index (χ4v) is 3.36. The minimum atomic E-state index is -0.971. The number of halogens is 3. The van der Waals surface area contributed by atoms with Crippen LogP contribution in [-0.2, 0) is 0 Å². The standard InChI is InChI=1S/C23H14ClF2N5O5/c24-18-17(7-8-28-19(18)20(27)32)36-16-6-3-12(9-15(16)26)30-21(33)14-10-29-23(35)31(22(14)34)13-4-1-11(25)2-5-13/h1-10H,(H2,27,32)(H,29,35)(H,30,33). The zero-order valence-corrected chi connectivity index (χ0v) is 18.7. The molecular weight excluding hydrogens is 500 g/mol. The van der Waals surface area contributed by atoms with E-state index in [0.717, 1.165) is 24.4 Å². The summed E-state index contributed by atoms with van der Waals surface area (Å²) in [5.41, 5.74) is 2.65. The highest BCUT2D eigenvalue weighted by Gasteiger charge is 2.18. The number of hydrogen-bond donors (Lipinski definition) is 3. The van der Waals surface area contributed by atoms with Crippen LogP contribution in [0.1, 0.15) is 20.8 Å². The molecule has 4 aromatic rings. The largest absolute Gasteiger partial charge is 0.453 e. The minimum absolute atomic E-state index is 0.0394. The summed E-state index contributed by atoms with van der Waals surface area (Å²) in [7, 11) is 0. The van der Waals surface area contributed by atoms with Gasteiger partial charge in [0.05, 0.1) is 5.69 Å². The maximum atomic E-state index is 14.7. The molecule has 10 nitrogen and oxygen atoms in total. The number of rotatable bonds is 6. The number of benzene rings is 2. The van der Waals surface area contributed by atoms with Crippen molar-refractivity contribution >= 4 is 29.1 Å². The maximum Gasteiger partial charge on any atom is 0.333 e. The normalized spacial score (nSPS) is 10.6. The Morgan fingerprint density at radius 3 is 2.44 bits per heavy atom. The first-order valence-electron chi connectivity index (χ1n) is 9.99. The van der Waals surface area contributed by atoms with Crippen LogP contribution in [0.3, 0.4) is 0 Å². The van der Waals surface area contributed by atoms with Crippen molar-refractivity contribution < 1.29 is 23.1 Å². The molecule has 13 heteroatoms. The Balaban J connectivity index is 1.58. The van der Waals surface area contributed by atoms with Crippen molar-refractivity contribution in [3.8, 4) is 17.2 Å². The minimum Gasteiger partial charge on any atom is -0.453 e. The average molecular weight is 514 g/mol. The number of aromatic nitrogens is 3. The predicted molar refractivity (Wildman–Crippen MR) is 125 cm³/mol. The van der Waals surface area contributed by atoms with Crippen molar-refractivity contribution in [3.05, 3.63) is 110 Å². The zero-order chi connectivity index (χ0) is 26.0. The number of nitrogens with two attached hydrogens (primary N) is 1. The molecule has 2 heterocycles. The van der Waals surface area contributed by atoms with E-state index in [-0.39, 0.29) is 33.6 Å². The molecule has 0 aliphatic carbocycles. The first-order valence-corrected chi connectivity index (χ1v) is 10.4. The van der Waals surface area contributed by atoms with Gasteiger partial charge in [-0.05, 0) is 36.4 Å². The van der Waals surface area contributed by atoms with Gasteiger partial charge in [-0.2, -0.15) is 0 Å². The van der Waals surface area contributed by atoms with Crippen molar-refractivity contribution in [2.75, 3.05) is 5.32 Å². The molecule has 182 valence electrons. The number of primary amides is 1. The lowest BCUT2D eigenvalue weighted by atomic mass is 10.2. The zero-order valence-electron chi connectivity index (χ0n) is 17.9. The molecule has 36 heavy (non-hydrogen) atoms.